The van der Waals surface area contributed by atoms with E-state index in [9.17, 15) is 23.2 Å². The van der Waals surface area contributed by atoms with Crippen LogP contribution in [0.3, 0.4) is 0 Å². The van der Waals surface area contributed by atoms with Gasteiger partial charge in [0.1, 0.15) is 0 Å². The van der Waals surface area contributed by atoms with Gasteiger partial charge in [0, 0.05) is 29.6 Å². The highest BCUT2D eigenvalue weighted by Crippen LogP contribution is 2.28. The van der Waals surface area contributed by atoms with Gasteiger partial charge in [-0.05, 0) is 51.1 Å². The monoisotopic (exact) mass is 445 g/mol. The van der Waals surface area contributed by atoms with Crippen molar-refractivity contribution in [3.05, 3.63) is 59.7 Å². The fourth-order valence-corrected chi connectivity index (χ4v) is 2.82. The van der Waals surface area contributed by atoms with Crippen LogP contribution >= 0.6 is 0 Å². The van der Waals surface area contributed by atoms with E-state index in [-0.39, 0.29) is 34.3 Å². The van der Waals surface area contributed by atoms with Crippen molar-refractivity contribution in [2.45, 2.75) is 39.7 Å². The largest absolute Gasteiger partial charge is 0.459 e. The topological polar surface area (TPSA) is 108 Å². The highest BCUT2D eigenvalue weighted by atomic mass is 19.3. The minimum Gasteiger partial charge on any atom is -0.459 e. The molecule has 0 radical (unpaired) electrons. The summed E-state index contributed by atoms with van der Waals surface area (Å²) in [5.74, 6) is -6.83. The number of carbonyl (C=O) groups is 3. The highest BCUT2D eigenvalue weighted by Gasteiger charge is 2.30. The summed E-state index contributed by atoms with van der Waals surface area (Å²) >= 11 is 0. The lowest BCUT2D eigenvalue weighted by Gasteiger charge is -2.17. The zero-order valence-electron chi connectivity index (χ0n) is 18.2. The average Bonchev–Trinajstić information content (AvgIpc) is 2.67. The number of ether oxygens (including phenoxy) is 1. The van der Waals surface area contributed by atoms with Gasteiger partial charge >= 0.3 is 5.97 Å². The van der Waals surface area contributed by atoms with Gasteiger partial charge in [-0.2, -0.15) is 0 Å². The fraction of sp³-hybridized carbons (Fsp3) is 0.304. The molecule has 0 bridgehead atoms. The first-order valence-corrected chi connectivity index (χ1v) is 9.84. The number of alkyl halides is 2. The second-order valence-electron chi connectivity index (χ2n) is 7.60. The van der Waals surface area contributed by atoms with Crippen LogP contribution in [-0.4, -0.2) is 29.6 Å². The molecule has 0 aliphatic heterocycles. The SMILES string of the molecule is CC(=N)C(C(=O)Nc1cccc(C(=O)OC(C)C)c1)C(=O)Nc1cccc(C(C)(F)F)c1. The molecule has 3 N–H and O–H groups in total. The van der Waals surface area contributed by atoms with Crippen LogP contribution in [0.2, 0.25) is 0 Å². The number of carbonyl (C=O) groups excluding carboxylic acids is 3. The lowest BCUT2D eigenvalue weighted by atomic mass is 10.0. The van der Waals surface area contributed by atoms with Crippen LogP contribution in [0.15, 0.2) is 48.5 Å². The lowest BCUT2D eigenvalue weighted by Crippen LogP contribution is -2.38. The molecule has 7 nitrogen and oxygen atoms in total. The number of nitrogens with one attached hydrogen (secondary N) is 3. The maximum absolute atomic E-state index is 13.5. The van der Waals surface area contributed by atoms with E-state index in [2.05, 4.69) is 10.6 Å². The maximum atomic E-state index is 13.5. The molecular weight excluding hydrogens is 420 g/mol. The number of halogens is 2. The summed E-state index contributed by atoms with van der Waals surface area (Å²) in [6.07, 6.45) is -0.319. The molecule has 0 heterocycles. The van der Waals surface area contributed by atoms with E-state index < -0.39 is 29.6 Å². The molecule has 0 aliphatic rings. The molecule has 2 aromatic rings. The standard InChI is InChI=1S/C23H25F2N3O4/c1-13(2)32-22(31)15-7-5-9-17(11-15)27-20(29)19(14(3)26)21(30)28-18-10-6-8-16(12-18)23(4,24)25/h5-13,19,26H,1-4H3,(H,27,29)(H,28,30). The Kier molecular flexibility index (Phi) is 7.80. The summed E-state index contributed by atoms with van der Waals surface area (Å²) in [7, 11) is 0. The molecule has 170 valence electrons. The Morgan fingerprint density at radius 1 is 0.969 bits per heavy atom. The summed E-state index contributed by atoms with van der Waals surface area (Å²) < 4.78 is 32.2. The molecule has 0 saturated heterocycles. The van der Waals surface area contributed by atoms with Gasteiger partial charge in [-0.25, -0.2) is 13.6 Å². The van der Waals surface area contributed by atoms with Gasteiger partial charge in [-0.15, -0.1) is 0 Å². The quantitative estimate of drug-likeness (QED) is 0.314. The van der Waals surface area contributed by atoms with Crippen molar-refractivity contribution in [1.82, 2.24) is 0 Å². The highest BCUT2D eigenvalue weighted by molar-refractivity contribution is 6.24. The Morgan fingerprint density at radius 3 is 2.00 bits per heavy atom. The van der Waals surface area contributed by atoms with E-state index in [1.54, 1.807) is 13.8 Å². The predicted octanol–water partition coefficient (Wildman–Crippen LogP) is 4.60. The van der Waals surface area contributed by atoms with Gasteiger partial charge in [-0.1, -0.05) is 18.2 Å². The minimum absolute atomic E-state index is 0.0755. The zero-order chi connectivity index (χ0) is 24.1. The molecule has 32 heavy (non-hydrogen) atoms. The molecule has 1 atom stereocenters. The molecular formula is C23H25F2N3O4. The van der Waals surface area contributed by atoms with Gasteiger partial charge in [0.25, 0.3) is 5.92 Å². The smallest absolute Gasteiger partial charge is 0.338 e. The predicted molar refractivity (Wildman–Crippen MR) is 117 cm³/mol. The Labute approximate surface area is 184 Å². The number of amides is 2. The van der Waals surface area contributed by atoms with Gasteiger partial charge in [0.15, 0.2) is 5.92 Å². The van der Waals surface area contributed by atoms with E-state index in [0.717, 1.165) is 13.0 Å². The van der Waals surface area contributed by atoms with Crippen molar-refractivity contribution in [2.24, 2.45) is 5.92 Å². The van der Waals surface area contributed by atoms with Crippen LogP contribution in [0.1, 0.15) is 43.6 Å². The van der Waals surface area contributed by atoms with Crippen molar-refractivity contribution >= 4 is 34.9 Å². The molecule has 0 aromatic heterocycles. The van der Waals surface area contributed by atoms with Crippen LogP contribution in [0, 0.1) is 11.3 Å². The van der Waals surface area contributed by atoms with Crippen LogP contribution in [0.5, 0.6) is 0 Å². The lowest BCUT2D eigenvalue weighted by molar-refractivity contribution is -0.126. The van der Waals surface area contributed by atoms with Crippen molar-refractivity contribution in [1.29, 1.82) is 5.41 Å². The molecule has 0 saturated carbocycles. The number of hydrogen-bond donors (Lipinski definition) is 3. The van der Waals surface area contributed by atoms with Crippen molar-refractivity contribution < 1.29 is 27.9 Å². The summed E-state index contributed by atoms with van der Waals surface area (Å²) in [6, 6.07) is 11.1. The van der Waals surface area contributed by atoms with Crippen LogP contribution in [-0.2, 0) is 20.2 Å². The molecule has 0 spiro atoms. The third-order valence-electron chi connectivity index (χ3n) is 4.30. The molecule has 2 rings (SSSR count). The maximum Gasteiger partial charge on any atom is 0.338 e. The Morgan fingerprint density at radius 2 is 1.50 bits per heavy atom. The first kappa shape index (κ1) is 24.6. The van der Waals surface area contributed by atoms with Crippen molar-refractivity contribution in [2.75, 3.05) is 10.6 Å². The van der Waals surface area contributed by atoms with Gasteiger partial charge < -0.3 is 20.8 Å². The molecule has 0 fully saturated rings. The first-order chi connectivity index (χ1) is 14.9. The Balaban J connectivity index is 2.17. The third-order valence-corrected chi connectivity index (χ3v) is 4.30. The fourth-order valence-electron chi connectivity index (χ4n) is 2.82. The van der Waals surface area contributed by atoms with Crippen molar-refractivity contribution in [3.8, 4) is 0 Å². The van der Waals surface area contributed by atoms with Crippen LogP contribution in [0.4, 0.5) is 20.2 Å². The molecule has 1 unspecified atom stereocenters. The van der Waals surface area contributed by atoms with Gasteiger partial charge in [-0.3, -0.25) is 9.59 Å². The molecule has 2 amide bonds. The van der Waals surface area contributed by atoms with Gasteiger partial charge in [0.05, 0.1) is 11.7 Å². The Hall–Kier alpha value is -3.62. The van der Waals surface area contributed by atoms with E-state index in [4.69, 9.17) is 10.1 Å². The number of benzene rings is 2. The van der Waals surface area contributed by atoms with E-state index in [1.165, 1.54) is 49.4 Å². The number of hydrogen-bond acceptors (Lipinski definition) is 5. The first-order valence-electron chi connectivity index (χ1n) is 9.84. The second-order valence-corrected chi connectivity index (χ2v) is 7.60. The van der Waals surface area contributed by atoms with E-state index in [1.807, 2.05) is 0 Å². The molecule has 0 aliphatic carbocycles. The Bertz CT molecular complexity index is 1030. The second kappa shape index (κ2) is 10.1. The number of anilines is 2. The van der Waals surface area contributed by atoms with Crippen LogP contribution < -0.4 is 10.6 Å². The minimum atomic E-state index is -3.10. The molecule has 2 aromatic carbocycles. The van der Waals surface area contributed by atoms with E-state index in [0.29, 0.717) is 0 Å². The number of esters is 1. The third kappa shape index (κ3) is 6.69. The molecule has 9 heteroatoms. The summed E-state index contributed by atoms with van der Waals surface area (Å²) in [5.41, 5.74) is -0.0203. The van der Waals surface area contributed by atoms with Crippen molar-refractivity contribution in [3.63, 3.8) is 0 Å². The summed E-state index contributed by atoms with van der Waals surface area (Å²) in [6.45, 7) is 5.43. The summed E-state index contributed by atoms with van der Waals surface area (Å²) in [5, 5.41) is 12.8. The van der Waals surface area contributed by atoms with E-state index >= 15 is 0 Å². The normalized spacial score (nSPS) is 12.1. The average molecular weight is 445 g/mol. The van der Waals surface area contributed by atoms with Crippen LogP contribution in [0.25, 0.3) is 0 Å². The zero-order valence-corrected chi connectivity index (χ0v) is 18.2. The summed E-state index contributed by atoms with van der Waals surface area (Å²) in [4.78, 5) is 37.4. The number of rotatable bonds is 8. The van der Waals surface area contributed by atoms with Gasteiger partial charge in [0.2, 0.25) is 11.8 Å².